The molecular formula is C23H29N3O3. The molecule has 0 radical (unpaired) electrons. The van der Waals surface area contributed by atoms with E-state index in [4.69, 9.17) is 24.9 Å². The minimum atomic E-state index is 0.0206. The van der Waals surface area contributed by atoms with Crippen LogP contribution in [0.15, 0.2) is 53.5 Å². The van der Waals surface area contributed by atoms with E-state index in [0.717, 1.165) is 56.1 Å². The summed E-state index contributed by atoms with van der Waals surface area (Å²) in [5, 5.41) is 3.22. The van der Waals surface area contributed by atoms with Crippen LogP contribution in [0.4, 0.5) is 5.69 Å². The maximum atomic E-state index is 6.30. The van der Waals surface area contributed by atoms with E-state index in [1.54, 1.807) is 0 Å². The number of guanidine groups is 1. The highest BCUT2D eigenvalue weighted by molar-refractivity contribution is 5.92. The van der Waals surface area contributed by atoms with Gasteiger partial charge in [0.15, 0.2) is 17.5 Å². The number of fused-ring (bicyclic) bond motifs is 1. The Kier molecular flexibility index (Phi) is 6.52. The van der Waals surface area contributed by atoms with Gasteiger partial charge in [-0.15, -0.1) is 0 Å². The number of hydrogen-bond donors (Lipinski definition) is 2. The van der Waals surface area contributed by atoms with Crippen LogP contribution in [-0.2, 0) is 4.74 Å². The van der Waals surface area contributed by atoms with Gasteiger partial charge in [-0.2, -0.15) is 0 Å². The molecule has 0 spiro atoms. The number of rotatable bonds is 5. The third-order valence-corrected chi connectivity index (χ3v) is 5.40. The number of aliphatic imine (C=N–C) groups is 1. The molecule has 1 unspecified atom stereocenters. The van der Waals surface area contributed by atoms with Gasteiger partial charge in [0.2, 0.25) is 0 Å². The molecule has 3 N–H and O–H groups in total. The second-order valence-corrected chi connectivity index (χ2v) is 7.57. The Bertz CT molecular complexity index is 819. The highest BCUT2D eigenvalue weighted by atomic mass is 16.5. The zero-order chi connectivity index (χ0) is 19.9. The van der Waals surface area contributed by atoms with E-state index in [1.807, 2.05) is 24.3 Å². The molecule has 2 heterocycles. The molecule has 2 aromatic rings. The fraction of sp³-hybridized carbons (Fsp3) is 0.435. The van der Waals surface area contributed by atoms with Crippen LogP contribution in [-0.4, -0.2) is 32.4 Å². The minimum absolute atomic E-state index is 0.0206. The van der Waals surface area contributed by atoms with Gasteiger partial charge >= 0.3 is 0 Å². The number of nitrogens with two attached hydrogens (primary N) is 1. The van der Waals surface area contributed by atoms with Gasteiger partial charge in [0.25, 0.3) is 0 Å². The first kappa shape index (κ1) is 19.6. The molecule has 29 heavy (non-hydrogen) atoms. The van der Waals surface area contributed by atoms with Gasteiger partial charge in [-0.3, -0.25) is 0 Å². The minimum Gasteiger partial charge on any atom is -0.490 e. The Morgan fingerprint density at radius 3 is 2.55 bits per heavy atom. The van der Waals surface area contributed by atoms with Crippen LogP contribution in [0.3, 0.4) is 0 Å². The highest BCUT2D eigenvalue weighted by Crippen LogP contribution is 2.33. The van der Waals surface area contributed by atoms with Crippen molar-refractivity contribution < 1.29 is 14.2 Å². The molecule has 154 valence electrons. The standard InChI is InChI=1S/C23H29N3O3/c24-23(25-19-7-8-21-22(16-19)29-12-4-11-28-21)26-20(18-5-2-1-3-6-18)15-17-9-13-27-14-10-17/h1-3,5-8,16-17,20H,4,9-15H2,(H3,24,25,26). The lowest BCUT2D eigenvalue weighted by atomic mass is 9.90. The van der Waals surface area contributed by atoms with E-state index in [-0.39, 0.29) is 6.04 Å². The van der Waals surface area contributed by atoms with Crippen molar-refractivity contribution in [2.45, 2.75) is 31.7 Å². The van der Waals surface area contributed by atoms with Crippen molar-refractivity contribution in [1.29, 1.82) is 0 Å². The van der Waals surface area contributed by atoms with Crippen molar-refractivity contribution in [1.82, 2.24) is 0 Å². The van der Waals surface area contributed by atoms with Crippen LogP contribution in [0.2, 0.25) is 0 Å². The molecule has 1 atom stereocenters. The Balaban J connectivity index is 1.49. The molecule has 0 amide bonds. The van der Waals surface area contributed by atoms with Gasteiger partial charge in [-0.1, -0.05) is 30.3 Å². The quantitative estimate of drug-likeness (QED) is 0.588. The average Bonchev–Trinajstić information content (AvgIpc) is 3.00. The lowest BCUT2D eigenvalue weighted by Gasteiger charge is -2.25. The normalized spacial score (nSPS) is 18.7. The third kappa shape index (κ3) is 5.41. The Morgan fingerprint density at radius 1 is 1.00 bits per heavy atom. The molecule has 6 nitrogen and oxygen atoms in total. The molecule has 0 aromatic heterocycles. The van der Waals surface area contributed by atoms with E-state index < -0.39 is 0 Å². The summed E-state index contributed by atoms with van der Waals surface area (Å²) >= 11 is 0. The lowest BCUT2D eigenvalue weighted by Crippen LogP contribution is -2.25. The van der Waals surface area contributed by atoms with E-state index in [9.17, 15) is 0 Å². The summed E-state index contributed by atoms with van der Waals surface area (Å²) in [6, 6.07) is 16.1. The van der Waals surface area contributed by atoms with Gasteiger partial charge in [-0.05, 0) is 42.9 Å². The Hall–Kier alpha value is -2.73. The van der Waals surface area contributed by atoms with Crippen molar-refractivity contribution in [2.75, 3.05) is 31.7 Å². The largest absolute Gasteiger partial charge is 0.490 e. The van der Waals surface area contributed by atoms with Gasteiger partial charge in [0.05, 0.1) is 19.3 Å². The van der Waals surface area contributed by atoms with Crippen molar-refractivity contribution in [2.24, 2.45) is 16.6 Å². The molecule has 0 saturated carbocycles. The van der Waals surface area contributed by atoms with Crippen LogP contribution < -0.4 is 20.5 Å². The predicted molar refractivity (Wildman–Crippen MR) is 115 cm³/mol. The molecule has 6 heteroatoms. The molecular weight excluding hydrogens is 366 g/mol. The number of benzene rings is 2. The first-order valence-electron chi connectivity index (χ1n) is 10.4. The van der Waals surface area contributed by atoms with Gasteiger partial charge in [-0.25, -0.2) is 4.99 Å². The summed E-state index contributed by atoms with van der Waals surface area (Å²) in [5.41, 5.74) is 8.32. The molecule has 4 rings (SSSR count). The van der Waals surface area contributed by atoms with Crippen LogP contribution in [0.1, 0.15) is 37.3 Å². The molecule has 2 aliphatic rings. The highest BCUT2D eigenvalue weighted by Gasteiger charge is 2.20. The van der Waals surface area contributed by atoms with Crippen LogP contribution in [0.5, 0.6) is 11.5 Å². The Labute approximate surface area is 172 Å². The third-order valence-electron chi connectivity index (χ3n) is 5.40. The number of hydrogen-bond acceptors (Lipinski definition) is 4. The average molecular weight is 396 g/mol. The number of anilines is 1. The molecule has 1 fully saturated rings. The van der Waals surface area contributed by atoms with E-state index in [0.29, 0.717) is 25.1 Å². The first-order valence-corrected chi connectivity index (χ1v) is 10.4. The van der Waals surface area contributed by atoms with Gasteiger partial charge in [0, 0.05) is 31.4 Å². The number of nitrogens with one attached hydrogen (secondary N) is 1. The summed E-state index contributed by atoms with van der Waals surface area (Å²) in [6.07, 6.45) is 4.01. The maximum Gasteiger partial charge on any atom is 0.193 e. The van der Waals surface area contributed by atoms with Crippen LogP contribution in [0, 0.1) is 5.92 Å². The Morgan fingerprint density at radius 2 is 1.76 bits per heavy atom. The van der Waals surface area contributed by atoms with Crippen molar-refractivity contribution in [3.8, 4) is 11.5 Å². The lowest BCUT2D eigenvalue weighted by molar-refractivity contribution is 0.0619. The summed E-state index contributed by atoms with van der Waals surface area (Å²) in [7, 11) is 0. The molecule has 2 aromatic carbocycles. The number of ether oxygens (including phenoxy) is 3. The number of nitrogens with zero attached hydrogens (tertiary/aromatic N) is 1. The molecule has 2 aliphatic heterocycles. The van der Waals surface area contributed by atoms with Crippen molar-refractivity contribution in [3.63, 3.8) is 0 Å². The fourth-order valence-electron chi connectivity index (χ4n) is 3.83. The molecule has 1 saturated heterocycles. The fourth-order valence-corrected chi connectivity index (χ4v) is 3.83. The SMILES string of the molecule is NC(=NC(CC1CCOCC1)c1ccccc1)Nc1ccc2c(c1)OCCCO2. The van der Waals surface area contributed by atoms with Gasteiger partial charge in [0.1, 0.15) is 0 Å². The summed E-state index contributed by atoms with van der Waals surface area (Å²) < 4.78 is 17.0. The topological polar surface area (TPSA) is 78.1 Å². The molecule has 0 aliphatic carbocycles. The zero-order valence-corrected chi connectivity index (χ0v) is 16.7. The van der Waals surface area contributed by atoms with Crippen molar-refractivity contribution >= 4 is 11.6 Å². The second-order valence-electron chi connectivity index (χ2n) is 7.57. The monoisotopic (exact) mass is 395 g/mol. The second kappa shape index (κ2) is 9.65. The van der Waals surface area contributed by atoms with Gasteiger partial charge < -0.3 is 25.3 Å². The summed E-state index contributed by atoms with van der Waals surface area (Å²) in [5.74, 6) is 2.51. The predicted octanol–water partition coefficient (Wildman–Crippen LogP) is 4.13. The summed E-state index contributed by atoms with van der Waals surface area (Å²) in [4.78, 5) is 4.84. The molecule has 0 bridgehead atoms. The maximum absolute atomic E-state index is 6.30. The van der Waals surface area contributed by atoms with Crippen LogP contribution in [0.25, 0.3) is 0 Å². The van der Waals surface area contributed by atoms with Crippen LogP contribution >= 0.6 is 0 Å². The smallest absolute Gasteiger partial charge is 0.193 e. The van der Waals surface area contributed by atoms with E-state index in [1.165, 1.54) is 5.56 Å². The summed E-state index contributed by atoms with van der Waals surface area (Å²) in [6.45, 7) is 3.00. The first-order chi connectivity index (χ1) is 14.3. The van der Waals surface area contributed by atoms with Crippen molar-refractivity contribution in [3.05, 3.63) is 54.1 Å². The van der Waals surface area contributed by atoms with E-state index >= 15 is 0 Å². The zero-order valence-electron chi connectivity index (χ0n) is 16.7. The van der Waals surface area contributed by atoms with E-state index in [2.05, 4.69) is 29.6 Å².